The van der Waals surface area contributed by atoms with Crippen LogP contribution in [0.3, 0.4) is 0 Å². The number of likely N-dealkylation sites (tertiary alicyclic amines) is 1. The maximum Gasteiger partial charge on any atom is 0.329 e. The molecule has 3 rings (SSSR count). The molecule has 4 N–H and O–H groups in total. The summed E-state index contributed by atoms with van der Waals surface area (Å²) in [5.74, 6) is -1.04. The zero-order valence-electron chi connectivity index (χ0n) is 14.0. The van der Waals surface area contributed by atoms with Gasteiger partial charge < -0.3 is 25.5 Å². The van der Waals surface area contributed by atoms with Crippen molar-refractivity contribution in [3.63, 3.8) is 0 Å². The second kappa shape index (κ2) is 7.67. The number of amides is 1. The number of carboxylic acid groups (broad SMARTS) is 1. The molecule has 2 heterocycles. The van der Waals surface area contributed by atoms with Gasteiger partial charge in [0.25, 0.3) is 0 Å². The smallest absolute Gasteiger partial charge is 0.329 e. The quantitative estimate of drug-likeness (QED) is 0.727. The molecule has 1 aliphatic heterocycles. The zero-order chi connectivity index (χ0) is 17.8. The average Bonchev–Trinajstić information content (AvgIpc) is 3.03. The molecule has 1 aromatic carbocycles. The van der Waals surface area contributed by atoms with Gasteiger partial charge in [-0.2, -0.15) is 0 Å². The highest BCUT2D eigenvalue weighted by Crippen LogP contribution is 2.20. The van der Waals surface area contributed by atoms with Gasteiger partial charge in [-0.1, -0.05) is 18.2 Å². The Morgan fingerprint density at radius 1 is 1.32 bits per heavy atom. The van der Waals surface area contributed by atoms with E-state index in [1.165, 1.54) is 0 Å². The summed E-state index contributed by atoms with van der Waals surface area (Å²) >= 11 is 0. The first-order valence-electron chi connectivity index (χ1n) is 8.47. The molecular formula is C18H23N3O4. The lowest BCUT2D eigenvalue weighted by atomic mass is 10.0. The summed E-state index contributed by atoms with van der Waals surface area (Å²) in [5.41, 5.74) is 8.22. The van der Waals surface area contributed by atoms with Crippen LogP contribution < -0.4 is 5.73 Å². The fourth-order valence-corrected chi connectivity index (χ4v) is 3.29. The number of piperidine rings is 1. The van der Waals surface area contributed by atoms with Crippen molar-refractivity contribution < 1.29 is 19.4 Å². The molecule has 1 amide bonds. The van der Waals surface area contributed by atoms with Gasteiger partial charge in [0.1, 0.15) is 6.61 Å². The predicted octanol–water partition coefficient (Wildman–Crippen LogP) is 1.13. The highest BCUT2D eigenvalue weighted by atomic mass is 16.5. The molecule has 0 spiro atoms. The number of aromatic amines is 1. The van der Waals surface area contributed by atoms with E-state index in [4.69, 9.17) is 15.6 Å². The number of benzene rings is 1. The number of carbonyl (C=O) groups excluding carboxylic acids is 1. The first kappa shape index (κ1) is 17.4. The summed E-state index contributed by atoms with van der Waals surface area (Å²) in [7, 11) is 0. The number of ether oxygens (including phenoxy) is 1. The minimum absolute atomic E-state index is 0.0676. The van der Waals surface area contributed by atoms with Crippen molar-refractivity contribution in [3.05, 3.63) is 36.0 Å². The molecule has 1 aliphatic rings. The van der Waals surface area contributed by atoms with E-state index in [1.54, 1.807) is 4.90 Å². The van der Waals surface area contributed by atoms with Crippen LogP contribution in [-0.2, 0) is 20.7 Å². The number of nitrogens with two attached hydrogens (primary N) is 1. The molecule has 134 valence electrons. The average molecular weight is 345 g/mol. The van der Waals surface area contributed by atoms with E-state index >= 15 is 0 Å². The van der Waals surface area contributed by atoms with E-state index in [9.17, 15) is 9.59 Å². The topological polar surface area (TPSA) is 109 Å². The van der Waals surface area contributed by atoms with Crippen molar-refractivity contribution in [2.75, 3.05) is 19.7 Å². The summed E-state index contributed by atoms with van der Waals surface area (Å²) < 4.78 is 5.29. The molecule has 0 aliphatic carbocycles. The van der Waals surface area contributed by atoms with E-state index < -0.39 is 12.0 Å². The van der Waals surface area contributed by atoms with Gasteiger partial charge in [0.05, 0.1) is 12.1 Å². The van der Waals surface area contributed by atoms with Crippen LogP contribution >= 0.6 is 0 Å². The van der Waals surface area contributed by atoms with E-state index in [2.05, 4.69) is 4.98 Å². The number of H-pyrrole nitrogens is 1. The van der Waals surface area contributed by atoms with Crippen LogP contribution in [0, 0.1) is 0 Å². The van der Waals surface area contributed by atoms with Crippen molar-refractivity contribution in [1.82, 2.24) is 9.88 Å². The number of carbonyl (C=O) groups is 2. The van der Waals surface area contributed by atoms with Crippen molar-refractivity contribution in [1.29, 1.82) is 0 Å². The first-order chi connectivity index (χ1) is 12.0. The Labute approximate surface area is 145 Å². The van der Waals surface area contributed by atoms with Crippen LogP contribution in [-0.4, -0.2) is 58.7 Å². The first-order valence-corrected chi connectivity index (χ1v) is 8.47. The minimum atomic E-state index is -0.973. The number of para-hydroxylation sites is 1. The fraction of sp³-hybridized carbons (Fsp3) is 0.444. The maximum atomic E-state index is 12.6. The Bertz CT molecular complexity index is 750. The standard InChI is InChI=1S/C18H23N3O4/c19-15(9-12-10-20-16-4-2-1-3-14(12)16)18(24)21-7-5-13(6-8-21)25-11-17(22)23/h1-4,10,13,15,20H,5-9,11,19H2,(H,22,23)/t15-/m0/s1. The zero-order valence-corrected chi connectivity index (χ0v) is 14.0. The third-order valence-electron chi connectivity index (χ3n) is 4.63. The van der Waals surface area contributed by atoms with Gasteiger partial charge in [-0.15, -0.1) is 0 Å². The molecule has 1 aromatic heterocycles. The largest absolute Gasteiger partial charge is 0.480 e. The van der Waals surface area contributed by atoms with Crippen molar-refractivity contribution in [3.8, 4) is 0 Å². The summed E-state index contributed by atoms with van der Waals surface area (Å²) in [6.45, 7) is 0.800. The second-order valence-electron chi connectivity index (χ2n) is 6.40. The fourth-order valence-electron chi connectivity index (χ4n) is 3.29. The third-order valence-corrected chi connectivity index (χ3v) is 4.63. The SMILES string of the molecule is N[C@@H](Cc1c[nH]c2ccccc12)C(=O)N1CCC(OCC(=O)O)CC1. The number of carboxylic acids is 1. The number of aromatic nitrogens is 1. The molecule has 2 aromatic rings. The number of nitrogens with one attached hydrogen (secondary N) is 1. The Kier molecular flexibility index (Phi) is 5.35. The lowest BCUT2D eigenvalue weighted by Crippen LogP contribution is -2.49. The molecule has 0 saturated carbocycles. The molecule has 1 atom stereocenters. The second-order valence-corrected chi connectivity index (χ2v) is 6.40. The van der Waals surface area contributed by atoms with Gasteiger partial charge in [0, 0.05) is 30.2 Å². The highest BCUT2D eigenvalue weighted by Gasteiger charge is 2.27. The summed E-state index contributed by atoms with van der Waals surface area (Å²) in [6.07, 6.45) is 3.56. The number of nitrogens with zero attached hydrogens (tertiary/aromatic N) is 1. The van der Waals surface area contributed by atoms with Crippen LogP contribution in [0.15, 0.2) is 30.5 Å². The molecule has 0 bridgehead atoms. The van der Waals surface area contributed by atoms with Crippen LogP contribution in [0.1, 0.15) is 18.4 Å². The van der Waals surface area contributed by atoms with E-state index in [1.807, 2.05) is 30.5 Å². The van der Waals surface area contributed by atoms with Crippen LogP contribution in [0.2, 0.25) is 0 Å². The molecular weight excluding hydrogens is 322 g/mol. The molecule has 1 fully saturated rings. The molecule has 1 saturated heterocycles. The Morgan fingerprint density at radius 3 is 2.76 bits per heavy atom. The summed E-state index contributed by atoms with van der Waals surface area (Å²) in [6, 6.07) is 7.35. The van der Waals surface area contributed by atoms with Crippen LogP contribution in [0.25, 0.3) is 10.9 Å². The summed E-state index contributed by atoms with van der Waals surface area (Å²) in [4.78, 5) is 28.1. The van der Waals surface area contributed by atoms with Gasteiger partial charge in [0.2, 0.25) is 5.91 Å². The molecule has 7 heteroatoms. The Morgan fingerprint density at radius 2 is 2.04 bits per heavy atom. The van der Waals surface area contributed by atoms with E-state index in [-0.39, 0.29) is 18.6 Å². The Balaban J connectivity index is 1.54. The lowest BCUT2D eigenvalue weighted by molar-refractivity contribution is -0.147. The molecule has 7 nitrogen and oxygen atoms in total. The predicted molar refractivity (Wildman–Crippen MR) is 93.2 cm³/mol. The van der Waals surface area contributed by atoms with Gasteiger partial charge in [0.15, 0.2) is 0 Å². The van der Waals surface area contributed by atoms with Crippen LogP contribution in [0.4, 0.5) is 0 Å². The molecule has 0 radical (unpaired) electrons. The normalized spacial score (nSPS) is 16.9. The van der Waals surface area contributed by atoms with Gasteiger partial charge >= 0.3 is 5.97 Å². The number of rotatable bonds is 6. The number of hydrogen-bond donors (Lipinski definition) is 3. The number of fused-ring (bicyclic) bond motifs is 1. The Hall–Kier alpha value is -2.38. The minimum Gasteiger partial charge on any atom is -0.480 e. The van der Waals surface area contributed by atoms with Crippen LogP contribution in [0.5, 0.6) is 0 Å². The monoisotopic (exact) mass is 345 g/mol. The number of hydrogen-bond acceptors (Lipinski definition) is 4. The maximum absolute atomic E-state index is 12.6. The highest BCUT2D eigenvalue weighted by molar-refractivity contribution is 5.86. The van der Waals surface area contributed by atoms with Crippen molar-refractivity contribution >= 4 is 22.8 Å². The van der Waals surface area contributed by atoms with Gasteiger partial charge in [-0.05, 0) is 30.9 Å². The molecule has 25 heavy (non-hydrogen) atoms. The van der Waals surface area contributed by atoms with Crippen molar-refractivity contribution in [2.45, 2.75) is 31.4 Å². The van der Waals surface area contributed by atoms with E-state index in [0.717, 1.165) is 16.5 Å². The van der Waals surface area contributed by atoms with Gasteiger partial charge in [-0.3, -0.25) is 4.79 Å². The van der Waals surface area contributed by atoms with Gasteiger partial charge in [-0.25, -0.2) is 4.79 Å². The lowest BCUT2D eigenvalue weighted by Gasteiger charge is -2.33. The van der Waals surface area contributed by atoms with E-state index in [0.29, 0.717) is 32.4 Å². The molecule has 0 unspecified atom stereocenters. The summed E-state index contributed by atoms with van der Waals surface area (Å²) in [5, 5.41) is 9.74. The van der Waals surface area contributed by atoms with Crippen molar-refractivity contribution in [2.24, 2.45) is 5.73 Å². The number of aliphatic carboxylic acids is 1. The third kappa shape index (κ3) is 4.18.